The molecule has 0 N–H and O–H groups in total. The molecule has 15 heavy (non-hydrogen) atoms. The van der Waals surface area contributed by atoms with E-state index < -0.39 is 8.06 Å². The summed E-state index contributed by atoms with van der Waals surface area (Å²) in [6.07, 6.45) is 0.408. The second kappa shape index (κ2) is 5.03. The third-order valence-corrected chi connectivity index (χ3v) is 4.08. The maximum atomic E-state index is 13.5. The predicted molar refractivity (Wildman–Crippen MR) is 62.4 cm³/mol. The molecule has 1 heterocycles. The van der Waals surface area contributed by atoms with Gasteiger partial charge in [-0.2, -0.15) is 0 Å². The van der Waals surface area contributed by atoms with Crippen LogP contribution in [-0.2, 0) is 9.05 Å². The lowest BCUT2D eigenvalue weighted by molar-refractivity contribution is 0.114. The summed E-state index contributed by atoms with van der Waals surface area (Å²) in [4.78, 5) is 0. The third-order valence-electron chi connectivity index (χ3n) is 2.13. The first kappa shape index (κ1) is 11.7. The maximum absolute atomic E-state index is 13.5. The number of hydrogen-bond donors (Lipinski definition) is 0. The highest BCUT2D eigenvalue weighted by atomic mass is 35.5. The molecule has 6 heteroatoms. The second-order valence-electron chi connectivity index (χ2n) is 3.17. The average Bonchev–Trinajstić information content (AvgIpc) is 2.22. The van der Waals surface area contributed by atoms with Crippen LogP contribution in [0.4, 0.5) is 4.39 Å². The molecule has 1 saturated heterocycles. The predicted octanol–water partition coefficient (Wildman–Crippen LogP) is 4.06. The van der Waals surface area contributed by atoms with Crippen LogP contribution in [0.5, 0.6) is 0 Å². The molecule has 1 fully saturated rings. The monoisotopic (exact) mass is 266 g/mol. The van der Waals surface area contributed by atoms with E-state index in [-0.39, 0.29) is 11.9 Å². The van der Waals surface area contributed by atoms with Crippen molar-refractivity contribution in [1.82, 2.24) is 0 Å². The first-order chi connectivity index (χ1) is 7.16. The van der Waals surface area contributed by atoms with Crippen LogP contribution in [0.25, 0.3) is 0 Å². The Morgan fingerprint density at radius 3 is 3.07 bits per heavy atom. The van der Waals surface area contributed by atoms with Crippen molar-refractivity contribution in [2.24, 2.45) is 0 Å². The van der Waals surface area contributed by atoms with Gasteiger partial charge in [-0.05, 0) is 18.2 Å². The van der Waals surface area contributed by atoms with Crippen LogP contribution in [-0.4, -0.2) is 6.61 Å². The average molecular weight is 267 g/mol. The zero-order valence-corrected chi connectivity index (χ0v) is 10.6. The molecule has 82 valence electrons. The molecule has 1 aliphatic rings. The van der Waals surface area contributed by atoms with Crippen molar-refractivity contribution >= 4 is 28.6 Å². The first-order valence-corrected chi connectivity index (χ1v) is 7.63. The molecule has 2 nitrogen and oxygen atoms in total. The molecule has 1 aliphatic heterocycles. The van der Waals surface area contributed by atoms with E-state index >= 15 is 0 Å². The van der Waals surface area contributed by atoms with E-state index in [9.17, 15) is 4.39 Å². The van der Waals surface area contributed by atoms with Crippen molar-refractivity contribution in [2.75, 3.05) is 6.61 Å². The Labute approximate surface area is 96.1 Å². The molecule has 0 saturated carbocycles. The Morgan fingerprint density at radius 2 is 2.33 bits per heavy atom. The number of halogens is 2. The summed E-state index contributed by atoms with van der Waals surface area (Å²) in [6.45, 7) is 0.589. The van der Waals surface area contributed by atoms with Crippen LogP contribution in [0, 0.1) is 5.82 Å². The Hall–Kier alpha value is 0.220. The summed E-state index contributed by atoms with van der Waals surface area (Å²) < 4.78 is 24.3. The van der Waals surface area contributed by atoms with E-state index in [2.05, 4.69) is 8.93 Å². The lowest BCUT2D eigenvalue weighted by Gasteiger charge is -2.27. The largest absolute Gasteiger partial charge is 0.331 e. The topological polar surface area (TPSA) is 18.5 Å². The summed E-state index contributed by atoms with van der Waals surface area (Å²) in [5, 5.41) is 0.523. The molecular weight excluding hydrogens is 256 g/mol. The minimum Gasteiger partial charge on any atom is -0.331 e. The molecule has 0 spiro atoms. The van der Waals surface area contributed by atoms with Gasteiger partial charge in [-0.15, -0.1) is 0 Å². The van der Waals surface area contributed by atoms with Crippen LogP contribution in [0.2, 0.25) is 5.02 Å². The Bertz CT molecular complexity index is 364. The van der Waals surface area contributed by atoms with Crippen LogP contribution >= 0.6 is 28.6 Å². The zero-order valence-electron chi connectivity index (χ0n) is 7.82. The van der Waals surface area contributed by atoms with Gasteiger partial charge in [-0.1, -0.05) is 20.5 Å². The molecular formula is C9H10ClFO2P2. The summed E-state index contributed by atoms with van der Waals surface area (Å²) in [5.41, 5.74) is 0.515. The zero-order chi connectivity index (χ0) is 10.8. The Kier molecular flexibility index (Phi) is 3.93. The fraction of sp³-hybridized carbons (Fsp3) is 0.333. The van der Waals surface area contributed by atoms with E-state index in [0.29, 0.717) is 23.6 Å². The van der Waals surface area contributed by atoms with E-state index in [1.165, 1.54) is 12.1 Å². The number of hydrogen-bond acceptors (Lipinski definition) is 2. The highest BCUT2D eigenvalue weighted by molar-refractivity contribution is 8.08. The molecule has 0 bridgehead atoms. The molecule has 1 aromatic rings. The normalized spacial score (nSPS) is 26.6. The van der Waals surface area contributed by atoms with Gasteiger partial charge in [0.05, 0.1) is 12.7 Å². The summed E-state index contributed by atoms with van der Waals surface area (Å²) in [5.74, 6) is -0.278. The van der Waals surface area contributed by atoms with Crippen LogP contribution in [0.15, 0.2) is 18.2 Å². The molecule has 2 rings (SSSR count). The van der Waals surface area contributed by atoms with Gasteiger partial charge in [0.2, 0.25) is 0 Å². The molecule has 0 aliphatic carbocycles. The van der Waals surface area contributed by atoms with Gasteiger partial charge in [-0.3, -0.25) is 0 Å². The lowest BCUT2D eigenvalue weighted by atomic mass is 10.1. The van der Waals surface area contributed by atoms with Crippen molar-refractivity contribution in [2.45, 2.75) is 12.5 Å². The molecule has 3 atom stereocenters. The standard InChI is InChI=1S/C9H10ClFO2P2/c10-6-1-2-8(11)7(5-6)9-3-4-12-15(14)13-9/h1-2,5,9H,3-4,14H2/t9-,15?/m1/s1. The van der Waals surface area contributed by atoms with E-state index in [1.54, 1.807) is 6.07 Å². The van der Waals surface area contributed by atoms with E-state index in [1.807, 2.05) is 0 Å². The summed E-state index contributed by atoms with van der Waals surface area (Å²) in [7, 11) is 1.50. The Balaban J connectivity index is 2.24. The summed E-state index contributed by atoms with van der Waals surface area (Å²) in [6, 6.07) is 4.51. The summed E-state index contributed by atoms with van der Waals surface area (Å²) >= 11 is 5.82. The van der Waals surface area contributed by atoms with E-state index in [4.69, 9.17) is 20.6 Å². The highest BCUT2D eigenvalue weighted by Crippen LogP contribution is 2.54. The van der Waals surface area contributed by atoms with Crippen molar-refractivity contribution in [3.05, 3.63) is 34.6 Å². The SMILES string of the molecule is Fc1ccc(Cl)cc1[C@H]1CCOP(P)O1. The van der Waals surface area contributed by atoms with Gasteiger partial charge < -0.3 is 9.05 Å². The smallest absolute Gasteiger partial charge is 0.189 e. The van der Waals surface area contributed by atoms with Crippen LogP contribution in [0.3, 0.4) is 0 Å². The lowest BCUT2D eigenvalue weighted by Crippen LogP contribution is -2.11. The quantitative estimate of drug-likeness (QED) is 0.714. The van der Waals surface area contributed by atoms with Crippen molar-refractivity contribution < 1.29 is 13.4 Å². The minimum atomic E-state index is -0.970. The van der Waals surface area contributed by atoms with Gasteiger partial charge in [0, 0.05) is 17.0 Å². The third kappa shape index (κ3) is 2.87. The molecule has 0 radical (unpaired) electrons. The van der Waals surface area contributed by atoms with Gasteiger partial charge in [0.25, 0.3) is 0 Å². The number of rotatable bonds is 1. The Morgan fingerprint density at radius 1 is 1.53 bits per heavy atom. The molecule has 1 aromatic carbocycles. The molecule has 2 unspecified atom stereocenters. The minimum absolute atomic E-state index is 0.249. The van der Waals surface area contributed by atoms with E-state index in [0.717, 1.165) is 0 Å². The fourth-order valence-corrected chi connectivity index (χ4v) is 3.19. The van der Waals surface area contributed by atoms with Gasteiger partial charge in [-0.25, -0.2) is 4.39 Å². The van der Waals surface area contributed by atoms with Gasteiger partial charge in [0.15, 0.2) is 8.06 Å². The fourth-order valence-electron chi connectivity index (χ4n) is 1.43. The van der Waals surface area contributed by atoms with Gasteiger partial charge in [0.1, 0.15) is 5.82 Å². The van der Waals surface area contributed by atoms with Gasteiger partial charge >= 0.3 is 0 Å². The van der Waals surface area contributed by atoms with Crippen LogP contribution < -0.4 is 0 Å². The number of benzene rings is 1. The highest BCUT2D eigenvalue weighted by Gasteiger charge is 2.24. The maximum Gasteiger partial charge on any atom is 0.189 e. The van der Waals surface area contributed by atoms with Crippen molar-refractivity contribution in [1.29, 1.82) is 0 Å². The van der Waals surface area contributed by atoms with Crippen molar-refractivity contribution in [3.63, 3.8) is 0 Å². The van der Waals surface area contributed by atoms with Crippen LogP contribution in [0.1, 0.15) is 18.1 Å². The second-order valence-corrected chi connectivity index (χ2v) is 5.91. The molecule has 0 amide bonds. The molecule has 0 aromatic heterocycles. The van der Waals surface area contributed by atoms with Crippen molar-refractivity contribution in [3.8, 4) is 0 Å². The first-order valence-electron chi connectivity index (χ1n) is 4.46.